The van der Waals surface area contributed by atoms with E-state index in [0.29, 0.717) is 6.61 Å². The maximum Gasteiger partial charge on any atom is 0.253 e. The molecule has 0 radical (unpaired) electrons. The molecule has 1 aromatic heterocycles. The molecule has 5 rings (SSSR count). The molecule has 2 aromatic carbocycles. The second-order valence-electron chi connectivity index (χ2n) is 9.29. The molecule has 34 heavy (non-hydrogen) atoms. The molecule has 1 amide bonds. The Kier molecular flexibility index (Phi) is 6.61. The van der Waals surface area contributed by atoms with Crippen LogP contribution in [0.25, 0.3) is 11.3 Å². The number of amides is 1. The lowest BCUT2D eigenvalue weighted by molar-refractivity contribution is 0.0600. The first-order valence-corrected chi connectivity index (χ1v) is 12.1. The summed E-state index contributed by atoms with van der Waals surface area (Å²) in [5, 5.41) is 0. The summed E-state index contributed by atoms with van der Waals surface area (Å²) in [7, 11) is 4.12. The first-order chi connectivity index (χ1) is 16.6. The lowest BCUT2D eigenvalue weighted by atomic mass is 10.0. The Balaban J connectivity index is 1.20. The zero-order valence-electron chi connectivity index (χ0n) is 20.0. The van der Waals surface area contributed by atoms with Gasteiger partial charge in [0.15, 0.2) is 0 Å². The van der Waals surface area contributed by atoms with Crippen LogP contribution in [0.4, 0.5) is 0 Å². The van der Waals surface area contributed by atoms with E-state index in [1.54, 1.807) is 0 Å². The molecule has 0 bridgehead atoms. The van der Waals surface area contributed by atoms with Crippen LogP contribution in [0.3, 0.4) is 0 Å². The van der Waals surface area contributed by atoms with Crippen molar-refractivity contribution in [3.05, 3.63) is 83.6 Å². The fourth-order valence-electron chi connectivity index (χ4n) is 5.01. The standard InChI is InChI=1S/C28H32N4O2/c1-30(2)15-6-20-34-22-12-10-21(11-13-22)28(33)32-18-16-31(17-19-32)27-24-8-4-3-7-23(24)26-25(27)9-5-14-29-26/h3-5,7-14,27H,6,15-20H2,1-2H3. The van der Waals surface area contributed by atoms with Crippen LogP contribution in [0, 0.1) is 0 Å². The van der Waals surface area contributed by atoms with Gasteiger partial charge in [0.05, 0.1) is 18.3 Å². The van der Waals surface area contributed by atoms with Gasteiger partial charge in [-0.1, -0.05) is 30.3 Å². The van der Waals surface area contributed by atoms with Gasteiger partial charge in [-0.25, -0.2) is 0 Å². The summed E-state index contributed by atoms with van der Waals surface area (Å²) < 4.78 is 5.80. The van der Waals surface area contributed by atoms with Crippen molar-refractivity contribution >= 4 is 5.91 Å². The number of hydrogen-bond donors (Lipinski definition) is 0. The highest BCUT2D eigenvalue weighted by Crippen LogP contribution is 2.45. The minimum Gasteiger partial charge on any atom is -0.494 e. The largest absolute Gasteiger partial charge is 0.494 e. The van der Waals surface area contributed by atoms with Crippen molar-refractivity contribution in [2.75, 3.05) is 53.4 Å². The van der Waals surface area contributed by atoms with Crippen molar-refractivity contribution in [3.8, 4) is 17.0 Å². The summed E-state index contributed by atoms with van der Waals surface area (Å²) in [6.45, 7) is 4.79. The highest BCUT2D eigenvalue weighted by atomic mass is 16.5. The van der Waals surface area contributed by atoms with Gasteiger partial charge in [-0.3, -0.25) is 14.7 Å². The zero-order valence-corrected chi connectivity index (χ0v) is 20.0. The Morgan fingerprint density at radius 3 is 2.47 bits per heavy atom. The maximum absolute atomic E-state index is 13.1. The van der Waals surface area contributed by atoms with Crippen molar-refractivity contribution in [1.29, 1.82) is 0 Å². The van der Waals surface area contributed by atoms with E-state index in [1.165, 1.54) is 16.7 Å². The van der Waals surface area contributed by atoms with Gasteiger partial charge < -0.3 is 14.5 Å². The topological polar surface area (TPSA) is 48.9 Å². The van der Waals surface area contributed by atoms with Gasteiger partial charge in [0.1, 0.15) is 5.75 Å². The summed E-state index contributed by atoms with van der Waals surface area (Å²) in [4.78, 5) is 24.4. The number of carbonyl (C=O) groups excluding carboxylic acids is 1. The molecule has 1 aliphatic carbocycles. The van der Waals surface area contributed by atoms with Crippen LogP contribution in [0.15, 0.2) is 66.9 Å². The number of ether oxygens (including phenoxy) is 1. The molecule has 1 atom stereocenters. The normalized spacial score (nSPS) is 17.5. The Labute approximate surface area is 201 Å². The molecule has 1 saturated heterocycles. The molecule has 1 unspecified atom stereocenters. The van der Waals surface area contributed by atoms with Gasteiger partial charge >= 0.3 is 0 Å². The molecule has 2 aliphatic rings. The Morgan fingerprint density at radius 1 is 0.971 bits per heavy atom. The smallest absolute Gasteiger partial charge is 0.253 e. The molecule has 0 spiro atoms. The van der Waals surface area contributed by atoms with E-state index < -0.39 is 0 Å². The Morgan fingerprint density at radius 2 is 1.71 bits per heavy atom. The summed E-state index contributed by atoms with van der Waals surface area (Å²) in [5.41, 5.74) is 5.62. The van der Waals surface area contributed by atoms with E-state index in [0.717, 1.165) is 56.2 Å². The van der Waals surface area contributed by atoms with Crippen LogP contribution in [-0.2, 0) is 0 Å². The molecule has 2 heterocycles. The number of nitrogens with zero attached hydrogens (tertiary/aromatic N) is 4. The number of piperazine rings is 1. The van der Waals surface area contributed by atoms with Crippen LogP contribution >= 0.6 is 0 Å². The fraction of sp³-hybridized carbons (Fsp3) is 0.357. The quantitative estimate of drug-likeness (QED) is 0.504. The number of aromatic nitrogens is 1. The third kappa shape index (κ3) is 4.56. The van der Waals surface area contributed by atoms with Crippen molar-refractivity contribution in [1.82, 2.24) is 19.7 Å². The summed E-state index contributed by atoms with van der Waals surface area (Å²) in [6, 6.07) is 20.5. The van der Waals surface area contributed by atoms with Crippen molar-refractivity contribution in [2.24, 2.45) is 0 Å². The van der Waals surface area contributed by atoms with E-state index in [2.05, 4.69) is 59.2 Å². The van der Waals surface area contributed by atoms with Gasteiger partial charge in [0.2, 0.25) is 0 Å². The average molecular weight is 457 g/mol. The molecule has 1 aliphatic heterocycles. The predicted octanol–water partition coefficient (Wildman–Crippen LogP) is 3.94. The summed E-state index contributed by atoms with van der Waals surface area (Å²) >= 11 is 0. The number of rotatable bonds is 7. The third-order valence-electron chi connectivity index (χ3n) is 6.73. The first-order valence-electron chi connectivity index (χ1n) is 12.1. The number of carbonyl (C=O) groups is 1. The molecule has 0 N–H and O–H groups in total. The molecule has 6 nitrogen and oxygen atoms in total. The molecule has 176 valence electrons. The number of pyridine rings is 1. The second kappa shape index (κ2) is 9.95. The minimum atomic E-state index is 0.0905. The lowest BCUT2D eigenvalue weighted by Gasteiger charge is -2.38. The monoisotopic (exact) mass is 456 g/mol. The number of hydrogen-bond acceptors (Lipinski definition) is 5. The lowest BCUT2D eigenvalue weighted by Crippen LogP contribution is -2.49. The summed E-state index contributed by atoms with van der Waals surface area (Å²) in [5.74, 6) is 0.903. The van der Waals surface area contributed by atoms with Gasteiger partial charge in [0.25, 0.3) is 5.91 Å². The van der Waals surface area contributed by atoms with Gasteiger partial charge in [0, 0.05) is 55.6 Å². The average Bonchev–Trinajstić information content (AvgIpc) is 3.21. The van der Waals surface area contributed by atoms with E-state index in [4.69, 9.17) is 4.74 Å². The molecule has 1 fully saturated rings. The van der Waals surface area contributed by atoms with Crippen molar-refractivity contribution in [3.63, 3.8) is 0 Å². The Bertz CT molecular complexity index is 1090. The SMILES string of the molecule is CN(C)CCCOc1ccc(C(=O)N2CCN(C3c4ccccc4-c4ncccc43)CC2)cc1. The summed E-state index contributed by atoms with van der Waals surface area (Å²) in [6.07, 6.45) is 2.85. The van der Waals surface area contributed by atoms with E-state index in [9.17, 15) is 4.79 Å². The van der Waals surface area contributed by atoms with Crippen molar-refractivity contribution < 1.29 is 9.53 Å². The predicted molar refractivity (Wildman–Crippen MR) is 134 cm³/mol. The first kappa shape index (κ1) is 22.6. The maximum atomic E-state index is 13.1. The highest BCUT2D eigenvalue weighted by Gasteiger charge is 2.35. The number of benzene rings is 2. The van der Waals surface area contributed by atoms with E-state index >= 15 is 0 Å². The van der Waals surface area contributed by atoms with E-state index in [1.807, 2.05) is 41.4 Å². The van der Waals surface area contributed by atoms with Crippen LogP contribution < -0.4 is 4.74 Å². The molecular formula is C28H32N4O2. The van der Waals surface area contributed by atoms with Crippen LogP contribution in [0.5, 0.6) is 5.75 Å². The molecular weight excluding hydrogens is 424 g/mol. The molecule has 0 saturated carbocycles. The second-order valence-corrected chi connectivity index (χ2v) is 9.29. The fourth-order valence-corrected chi connectivity index (χ4v) is 5.01. The number of fused-ring (bicyclic) bond motifs is 3. The van der Waals surface area contributed by atoms with Gasteiger partial charge in [-0.15, -0.1) is 0 Å². The zero-order chi connectivity index (χ0) is 23.5. The van der Waals surface area contributed by atoms with Crippen molar-refractivity contribution in [2.45, 2.75) is 12.5 Å². The molecule has 6 heteroatoms. The van der Waals surface area contributed by atoms with Crippen LogP contribution in [0.2, 0.25) is 0 Å². The third-order valence-corrected chi connectivity index (χ3v) is 6.73. The molecule has 3 aromatic rings. The van der Waals surface area contributed by atoms with Crippen LogP contribution in [0.1, 0.15) is 33.9 Å². The van der Waals surface area contributed by atoms with Gasteiger partial charge in [-0.2, -0.15) is 0 Å². The van der Waals surface area contributed by atoms with Gasteiger partial charge in [-0.05, 0) is 56.4 Å². The van der Waals surface area contributed by atoms with Crippen LogP contribution in [-0.4, -0.2) is 79.0 Å². The van der Waals surface area contributed by atoms with E-state index in [-0.39, 0.29) is 11.9 Å². The minimum absolute atomic E-state index is 0.0905. The Hall–Kier alpha value is -3.22. The highest BCUT2D eigenvalue weighted by molar-refractivity contribution is 5.94.